The Bertz CT molecular complexity index is 414. The second-order valence-electron chi connectivity index (χ2n) is 4.87. The fraction of sp³-hybridized carbons (Fsp3) is 0.533. The lowest BCUT2D eigenvalue weighted by molar-refractivity contribution is -0.115. The van der Waals surface area contributed by atoms with E-state index >= 15 is 0 Å². The van der Waals surface area contributed by atoms with E-state index in [0.717, 1.165) is 12.8 Å². The second kappa shape index (κ2) is 7.14. The molecular weight excluding hydrogens is 240 g/mol. The van der Waals surface area contributed by atoms with Crippen LogP contribution in [0.25, 0.3) is 0 Å². The van der Waals surface area contributed by atoms with Crippen molar-refractivity contribution in [2.75, 3.05) is 19.0 Å². The first-order chi connectivity index (χ1) is 9.04. The summed E-state index contributed by atoms with van der Waals surface area (Å²) in [6.07, 6.45) is 1.98. The summed E-state index contributed by atoms with van der Waals surface area (Å²) in [6, 6.07) is 7.40. The maximum atomic E-state index is 11.9. The molecule has 106 valence electrons. The number of nitrogens with one attached hydrogen (secondary N) is 2. The minimum absolute atomic E-state index is 0.0120. The highest BCUT2D eigenvalue weighted by Gasteiger charge is 2.19. The van der Waals surface area contributed by atoms with Gasteiger partial charge in [0, 0.05) is 5.54 Å². The zero-order valence-corrected chi connectivity index (χ0v) is 12.2. The normalized spacial score (nSPS) is 11.2. The predicted molar refractivity (Wildman–Crippen MR) is 78.6 cm³/mol. The summed E-state index contributed by atoms with van der Waals surface area (Å²) < 4.78 is 5.20. The van der Waals surface area contributed by atoms with E-state index in [2.05, 4.69) is 31.4 Å². The first-order valence-electron chi connectivity index (χ1n) is 6.72. The summed E-state index contributed by atoms with van der Waals surface area (Å²) in [5, 5.41) is 6.16. The number of carbonyl (C=O) groups excluding carboxylic acids is 1. The Morgan fingerprint density at radius 2 is 1.89 bits per heavy atom. The number of hydrogen-bond acceptors (Lipinski definition) is 3. The zero-order chi connectivity index (χ0) is 14.3. The van der Waals surface area contributed by atoms with Crippen molar-refractivity contribution in [3.05, 3.63) is 24.3 Å². The van der Waals surface area contributed by atoms with Crippen molar-refractivity contribution < 1.29 is 9.53 Å². The van der Waals surface area contributed by atoms with E-state index in [-0.39, 0.29) is 11.4 Å². The van der Waals surface area contributed by atoms with Crippen LogP contribution in [0.5, 0.6) is 5.75 Å². The molecule has 2 N–H and O–H groups in total. The molecule has 0 bridgehead atoms. The smallest absolute Gasteiger partial charge is 0.238 e. The average molecular weight is 264 g/mol. The predicted octanol–water partition coefficient (Wildman–Crippen LogP) is 2.80. The summed E-state index contributed by atoms with van der Waals surface area (Å²) in [5.41, 5.74) is 0.712. The van der Waals surface area contributed by atoms with Gasteiger partial charge in [0.25, 0.3) is 0 Å². The van der Waals surface area contributed by atoms with Gasteiger partial charge in [-0.25, -0.2) is 0 Å². The van der Waals surface area contributed by atoms with Crippen LogP contribution in [0.4, 0.5) is 5.69 Å². The SMILES string of the molecule is CCC(C)(CC)NCC(=O)Nc1ccccc1OC. The fourth-order valence-electron chi connectivity index (χ4n) is 1.74. The van der Waals surface area contributed by atoms with Crippen molar-refractivity contribution in [3.8, 4) is 5.75 Å². The largest absolute Gasteiger partial charge is 0.495 e. The Morgan fingerprint density at radius 3 is 2.47 bits per heavy atom. The molecule has 0 spiro atoms. The fourth-order valence-corrected chi connectivity index (χ4v) is 1.74. The van der Waals surface area contributed by atoms with E-state index in [0.29, 0.717) is 18.0 Å². The number of ether oxygens (including phenoxy) is 1. The number of methoxy groups -OCH3 is 1. The van der Waals surface area contributed by atoms with Crippen LogP contribution in [0.3, 0.4) is 0 Å². The molecule has 0 saturated carbocycles. The van der Waals surface area contributed by atoms with Gasteiger partial charge in [-0.1, -0.05) is 26.0 Å². The molecule has 0 atom stereocenters. The van der Waals surface area contributed by atoms with Crippen molar-refractivity contribution in [1.29, 1.82) is 0 Å². The lowest BCUT2D eigenvalue weighted by Crippen LogP contribution is -2.45. The number of anilines is 1. The van der Waals surface area contributed by atoms with Gasteiger partial charge in [-0.2, -0.15) is 0 Å². The zero-order valence-electron chi connectivity index (χ0n) is 12.2. The molecule has 0 unspecified atom stereocenters. The van der Waals surface area contributed by atoms with Gasteiger partial charge < -0.3 is 15.4 Å². The lowest BCUT2D eigenvalue weighted by Gasteiger charge is -2.28. The summed E-state index contributed by atoms with van der Waals surface area (Å²) in [6.45, 7) is 6.67. The first-order valence-corrected chi connectivity index (χ1v) is 6.72. The van der Waals surface area contributed by atoms with Gasteiger partial charge in [-0.05, 0) is 31.9 Å². The van der Waals surface area contributed by atoms with Crippen LogP contribution in [0.2, 0.25) is 0 Å². The molecule has 0 aliphatic carbocycles. The Balaban J connectivity index is 2.56. The molecule has 4 heteroatoms. The molecule has 0 aliphatic rings. The van der Waals surface area contributed by atoms with Crippen molar-refractivity contribution in [1.82, 2.24) is 5.32 Å². The molecule has 0 fully saturated rings. The van der Waals surface area contributed by atoms with E-state index in [1.54, 1.807) is 7.11 Å². The highest BCUT2D eigenvalue weighted by molar-refractivity contribution is 5.93. The highest BCUT2D eigenvalue weighted by atomic mass is 16.5. The maximum absolute atomic E-state index is 11.9. The first kappa shape index (κ1) is 15.5. The average Bonchev–Trinajstić information content (AvgIpc) is 2.45. The van der Waals surface area contributed by atoms with Crippen molar-refractivity contribution >= 4 is 11.6 Å². The third-order valence-corrected chi connectivity index (χ3v) is 3.62. The minimum atomic E-state index is -0.0578. The summed E-state index contributed by atoms with van der Waals surface area (Å²) in [5.74, 6) is 0.613. The standard InChI is InChI=1S/C15H24N2O2/c1-5-15(3,6-2)16-11-14(18)17-12-9-7-8-10-13(12)19-4/h7-10,16H,5-6,11H2,1-4H3,(H,17,18). The van der Waals surface area contributed by atoms with E-state index in [1.165, 1.54) is 0 Å². The second-order valence-corrected chi connectivity index (χ2v) is 4.87. The molecule has 1 aromatic rings. The Kier molecular flexibility index (Phi) is 5.83. The van der Waals surface area contributed by atoms with Gasteiger partial charge in [-0.3, -0.25) is 4.79 Å². The molecule has 0 heterocycles. The minimum Gasteiger partial charge on any atom is -0.495 e. The van der Waals surface area contributed by atoms with Crippen LogP contribution < -0.4 is 15.4 Å². The van der Waals surface area contributed by atoms with Crippen molar-refractivity contribution in [3.63, 3.8) is 0 Å². The summed E-state index contributed by atoms with van der Waals surface area (Å²) >= 11 is 0. The Hall–Kier alpha value is -1.55. The highest BCUT2D eigenvalue weighted by Crippen LogP contribution is 2.22. The van der Waals surface area contributed by atoms with E-state index < -0.39 is 0 Å². The molecule has 0 saturated heterocycles. The van der Waals surface area contributed by atoms with Gasteiger partial charge in [0.15, 0.2) is 0 Å². The van der Waals surface area contributed by atoms with Gasteiger partial charge in [0.05, 0.1) is 19.3 Å². The van der Waals surface area contributed by atoms with Crippen LogP contribution in [0, 0.1) is 0 Å². The van der Waals surface area contributed by atoms with Crippen LogP contribution >= 0.6 is 0 Å². The van der Waals surface area contributed by atoms with E-state index in [4.69, 9.17) is 4.74 Å². The molecule has 0 radical (unpaired) electrons. The number of rotatable bonds is 7. The molecule has 0 aliphatic heterocycles. The van der Waals surface area contributed by atoms with Crippen molar-refractivity contribution in [2.24, 2.45) is 0 Å². The van der Waals surface area contributed by atoms with Crippen LogP contribution in [-0.4, -0.2) is 25.1 Å². The molecular formula is C15H24N2O2. The third kappa shape index (κ3) is 4.56. The van der Waals surface area contributed by atoms with Gasteiger partial charge in [0.2, 0.25) is 5.91 Å². The number of amides is 1. The molecule has 1 amide bonds. The number of benzene rings is 1. The summed E-state index contributed by atoms with van der Waals surface area (Å²) in [4.78, 5) is 11.9. The molecule has 1 rings (SSSR count). The van der Waals surface area contributed by atoms with Crippen LogP contribution in [-0.2, 0) is 4.79 Å². The maximum Gasteiger partial charge on any atom is 0.238 e. The van der Waals surface area contributed by atoms with Crippen LogP contribution in [0.1, 0.15) is 33.6 Å². The third-order valence-electron chi connectivity index (χ3n) is 3.62. The van der Waals surface area contributed by atoms with Gasteiger partial charge >= 0.3 is 0 Å². The number of hydrogen-bond donors (Lipinski definition) is 2. The Labute approximate surface area is 115 Å². The monoisotopic (exact) mass is 264 g/mol. The quantitative estimate of drug-likeness (QED) is 0.796. The summed E-state index contributed by atoms with van der Waals surface area (Å²) in [7, 11) is 1.59. The molecule has 19 heavy (non-hydrogen) atoms. The molecule has 4 nitrogen and oxygen atoms in total. The topological polar surface area (TPSA) is 50.4 Å². The number of para-hydroxylation sites is 2. The lowest BCUT2D eigenvalue weighted by atomic mass is 9.96. The van der Waals surface area contributed by atoms with Gasteiger partial charge in [-0.15, -0.1) is 0 Å². The van der Waals surface area contributed by atoms with E-state index in [1.807, 2.05) is 24.3 Å². The Morgan fingerprint density at radius 1 is 1.26 bits per heavy atom. The van der Waals surface area contributed by atoms with Crippen LogP contribution in [0.15, 0.2) is 24.3 Å². The van der Waals surface area contributed by atoms with E-state index in [9.17, 15) is 4.79 Å². The van der Waals surface area contributed by atoms with Gasteiger partial charge in [0.1, 0.15) is 5.75 Å². The molecule has 1 aromatic carbocycles. The molecule has 0 aromatic heterocycles. The number of carbonyl (C=O) groups is 1. The van der Waals surface area contributed by atoms with Crippen molar-refractivity contribution in [2.45, 2.75) is 39.2 Å².